The molecule has 18 heavy (non-hydrogen) atoms. The van der Waals surface area contributed by atoms with E-state index in [0.29, 0.717) is 0 Å². The molecule has 2 aliphatic heterocycles. The van der Waals surface area contributed by atoms with E-state index in [1.807, 2.05) is 24.2 Å². The van der Waals surface area contributed by atoms with Gasteiger partial charge in [0.2, 0.25) is 0 Å². The molecule has 0 spiro atoms. The molecule has 3 rings (SSSR count). The molecule has 2 saturated heterocycles. The van der Waals surface area contributed by atoms with Crippen LogP contribution in [0.2, 0.25) is 0 Å². The topological polar surface area (TPSA) is 44.3 Å². The first kappa shape index (κ1) is 12.0. The quantitative estimate of drug-likeness (QED) is 0.837. The molecule has 0 aromatic carbocycles. The van der Waals surface area contributed by atoms with Gasteiger partial charge in [-0.1, -0.05) is 0 Å². The van der Waals surface area contributed by atoms with Crippen LogP contribution in [0.5, 0.6) is 0 Å². The Hall–Kier alpha value is -1.01. The molecule has 0 saturated carbocycles. The average molecular weight is 265 g/mol. The van der Waals surface area contributed by atoms with Crippen LogP contribution in [0.3, 0.4) is 0 Å². The van der Waals surface area contributed by atoms with Crippen molar-refractivity contribution in [2.75, 3.05) is 60.6 Å². The number of thioether (sulfide) groups is 1. The highest BCUT2D eigenvalue weighted by Crippen LogP contribution is 2.19. The Kier molecular flexibility index (Phi) is 3.85. The Morgan fingerprint density at radius 3 is 2.22 bits per heavy atom. The van der Waals surface area contributed by atoms with E-state index in [4.69, 9.17) is 4.98 Å². The van der Waals surface area contributed by atoms with E-state index in [0.717, 1.165) is 50.9 Å². The van der Waals surface area contributed by atoms with E-state index in [2.05, 4.69) is 20.1 Å². The van der Waals surface area contributed by atoms with Gasteiger partial charge in [-0.25, -0.2) is 4.98 Å². The molecule has 0 radical (unpaired) electrons. The second-order valence-corrected chi connectivity index (χ2v) is 5.80. The summed E-state index contributed by atoms with van der Waals surface area (Å²) in [6.45, 7) is 6.29. The standard InChI is InChI=1S/C12H19N5S/c1-3-16(4-2-13-1)11-9-14-10-12(15-11)17-5-7-18-8-6-17/h9-10,13H,1-8H2. The molecule has 0 aliphatic carbocycles. The minimum absolute atomic E-state index is 1.02. The number of nitrogens with zero attached hydrogens (tertiary/aromatic N) is 4. The monoisotopic (exact) mass is 265 g/mol. The first-order valence-corrected chi connectivity index (χ1v) is 7.69. The largest absolute Gasteiger partial charge is 0.354 e. The molecule has 0 bridgehead atoms. The second-order valence-electron chi connectivity index (χ2n) is 4.57. The normalized spacial score (nSPS) is 21.1. The number of nitrogens with one attached hydrogen (secondary N) is 1. The number of hydrogen-bond donors (Lipinski definition) is 1. The van der Waals surface area contributed by atoms with Gasteiger partial charge >= 0.3 is 0 Å². The number of piperazine rings is 1. The van der Waals surface area contributed by atoms with Gasteiger partial charge in [-0.2, -0.15) is 11.8 Å². The average Bonchev–Trinajstić information content (AvgIpc) is 2.49. The van der Waals surface area contributed by atoms with E-state index < -0.39 is 0 Å². The molecule has 0 atom stereocenters. The van der Waals surface area contributed by atoms with Crippen LogP contribution < -0.4 is 15.1 Å². The lowest BCUT2D eigenvalue weighted by molar-refractivity contribution is 0.584. The summed E-state index contributed by atoms with van der Waals surface area (Å²) in [5, 5.41) is 3.36. The van der Waals surface area contributed by atoms with Gasteiger partial charge in [-0.05, 0) is 0 Å². The number of rotatable bonds is 2. The van der Waals surface area contributed by atoms with Crippen LogP contribution in [0.25, 0.3) is 0 Å². The molecule has 1 N–H and O–H groups in total. The minimum atomic E-state index is 1.02. The highest BCUT2D eigenvalue weighted by atomic mass is 32.2. The van der Waals surface area contributed by atoms with Gasteiger partial charge in [0.25, 0.3) is 0 Å². The maximum atomic E-state index is 4.77. The molecule has 3 heterocycles. The molecule has 0 amide bonds. The number of hydrogen-bond acceptors (Lipinski definition) is 6. The molecule has 5 nitrogen and oxygen atoms in total. The van der Waals surface area contributed by atoms with Crippen molar-refractivity contribution in [1.82, 2.24) is 15.3 Å². The number of aromatic nitrogens is 2. The SMILES string of the molecule is c1ncc(N2CCSCC2)nc1N1CCNCC1. The van der Waals surface area contributed by atoms with E-state index in [9.17, 15) is 0 Å². The van der Waals surface area contributed by atoms with E-state index in [-0.39, 0.29) is 0 Å². The summed E-state index contributed by atoms with van der Waals surface area (Å²) in [6, 6.07) is 0. The molecule has 1 aromatic rings. The molecular formula is C12H19N5S. The fourth-order valence-corrected chi connectivity index (χ4v) is 3.24. The van der Waals surface area contributed by atoms with Crippen molar-refractivity contribution >= 4 is 23.4 Å². The Bertz CT molecular complexity index is 355. The van der Waals surface area contributed by atoms with Gasteiger partial charge in [-0.15, -0.1) is 0 Å². The smallest absolute Gasteiger partial charge is 0.149 e. The van der Waals surface area contributed by atoms with Crippen LogP contribution >= 0.6 is 11.8 Å². The lowest BCUT2D eigenvalue weighted by Crippen LogP contribution is -2.44. The van der Waals surface area contributed by atoms with Gasteiger partial charge in [0.15, 0.2) is 0 Å². The second kappa shape index (κ2) is 5.75. The number of anilines is 2. The van der Waals surface area contributed by atoms with Crippen molar-refractivity contribution in [3.8, 4) is 0 Å². The third kappa shape index (κ3) is 2.70. The molecule has 2 aliphatic rings. The van der Waals surface area contributed by atoms with Crippen LogP contribution in [0.15, 0.2) is 12.4 Å². The maximum Gasteiger partial charge on any atom is 0.149 e. The van der Waals surface area contributed by atoms with Crippen molar-refractivity contribution in [3.63, 3.8) is 0 Å². The Labute approximate surface area is 112 Å². The van der Waals surface area contributed by atoms with Crippen LogP contribution in [0.4, 0.5) is 11.6 Å². The highest BCUT2D eigenvalue weighted by Gasteiger charge is 2.16. The van der Waals surface area contributed by atoms with Gasteiger partial charge in [0.1, 0.15) is 11.6 Å². The van der Waals surface area contributed by atoms with Gasteiger partial charge in [0.05, 0.1) is 12.4 Å². The first-order chi connectivity index (χ1) is 8.93. The Morgan fingerprint density at radius 2 is 1.56 bits per heavy atom. The van der Waals surface area contributed by atoms with E-state index >= 15 is 0 Å². The van der Waals surface area contributed by atoms with Crippen molar-refractivity contribution in [3.05, 3.63) is 12.4 Å². The zero-order valence-corrected chi connectivity index (χ0v) is 11.3. The predicted molar refractivity (Wildman–Crippen MR) is 76.7 cm³/mol. The predicted octanol–water partition coefficient (Wildman–Crippen LogP) is 0.439. The lowest BCUT2D eigenvalue weighted by Gasteiger charge is -2.30. The lowest BCUT2D eigenvalue weighted by atomic mass is 10.3. The van der Waals surface area contributed by atoms with Crippen molar-refractivity contribution in [2.24, 2.45) is 0 Å². The molecule has 6 heteroatoms. The third-order valence-electron chi connectivity index (χ3n) is 3.39. The van der Waals surface area contributed by atoms with Crippen molar-refractivity contribution < 1.29 is 0 Å². The van der Waals surface area contributed by atoms with Gasteiger partial charge in [0, 0.05) is 50.8 Å². The summed E-state index contributed by atoms with van der Waals surface area (Å²) in [5.74, 6) is 4.44. The third-order valence-corrected chi connectivity index (χ3v) is 4.33. The summed E-state index contributed by atoms with van der Waals surface area (Å²) in [6.07, 6.45) is 3.77. The van der Waals surface area contributed by atoms with Crippen molar-refractivity contribution in [2.45, 2.75) is 0 Å². The minimum Gasteiger partial charge on any atom is -0.354 e. The summed E-state index contributed by atoms with van der Waals surface area (Å²) in [5.41, 5.74) is 0. The summed E-state index contributed by atoms with van der Waals surface area (Å²) >= 11 is 2.02. The fourth-order valence-electron chi connectivity index (χ4n) is 2.34. The summed E-state index contributed by atoms with van der Waals surface area (Å²) in [7, 11) is 0. The zero-order valence-electron chi connectivity index (χ0n) is 10.5. The first-order valence-electron chi connectivity index (χ1n) is 6.54. The van der Waals surface area contributed by atoms with Crippen LogP contribution in [-0.4, -0.2) is 60.7 Å². The molecule has 0 unspecified atom stereocenters. The Balaban J connectivity index is 1.75. The molecular weight excluding hydrogens is 246 g/mol. The zero-order chi connectivity index (χ0) is 12.2. The van der Waals surface area contributed by atoms with Crippen LogP contribution in [-0.2, 0) is 0 Å². The Morgan fingerprint density at radius 1 is 0.944 bits per heavy atom. The fraction of sp³-hybridized carbons (Fsp3) is 0.667. The van der Waals surface area contributed by atoms with Crippen molar-refractivity contribution in [1.29, 1.82) is 0 Å². The van der Waals surface area contributed by atoms with Gasteiger partial charge in [-0.3, -0.25) is 4.98 Å². The summed E-state index contributed by atoms with van der Waals surface area (Å²) in [4.78, 5) is 13.8. The van der Waals surface area contributed by atoms with Crippen LogP contribution in [0.1, 0.15) is 0 Å². The molecule has 2 fully saturated rings. The molecule has 98 valence electrons. The maximum absolute atomic E-state index is 4.77. The van der Waals surface area contributed by atoms with E-state index in [1.54, 1.807) is 0 Å². The summed E-state index contributed by atoms with van der Waals surface area (Å²) < 4.78 is 0. The molecule has 1 aromatic heterocycles. The van der Waals surface area contributed by atoms with E-state index in [1.165, 1.54) is 11.5 Å². The van der Waals surface area contributed by atoms with Crippen LogP contribution in [0, 0.1) is 0 Å². The highest BCUT2D eigenvalue weighted by molar-refractivity contribution is 7.99. The van der Waals surface area contributed by atoms with Gasteiger partial charge < -0.3 is 15.1 Å².